The molecule has 2 aliphatic heterocycles. The Balaban J connectivity index is 1.54. The van der Waals surface area contributed by atoms with Gasteiger partial charge in [0.25, 0.3) is 0 Å². The molecule has 0 unspecified atom stereocenters. The van der Waals surface area contributed by atoms with Crippen molar-refractivity contribution in [3.63, 3.8) is 0 Å². The summed E-state index contributed by atoms with van der Waals surface area (Å²) in [5.74, 6) is -0.555. The first-order chi connectivity index (χ1) is 15.7. The molecule has 0 amide bonds. The third-order valence-electron chi connectivity index (χ3n) is 6.47. The number of hydrogen-bond acceptors (Lipinski definition) is 6. The number of aromatic nitrogens is 3. The summed E-state index contributed by atoms with van der Waals surface area (Å²) in [5, 5.41) is 9.47. The Hall–Kier alpha value is -3.49. The van der Waals surface area contributed by atoms with Gasteiger partial charge >= 0.3 is 5.97 Å². The van der Waals surface area contributed by atoms with Crippen molar-refractivity contribution >= 4 is 22.6 Å². The second-order valence-corrected chi connectivity index (χ2v) is 9.05. The van der Waals surface area contributed by atoms with Crippen molar-refractivity contribution in [1.82, 2.24) is 14.5 Å². The largest absolute Gasteiger partial charge is 0.487 e. The summed E-state index contributed by atoms with van der Waals surface area (Å²) in [6, 6.07) is 2.90. The van der Waals surface area contributed by atoms with Gasteiger partial charge in [0.15, 0.2) is 11.6 Å². The molecule has 2 atom stereocenters. The molecule has 5 rings (SSSR count). The highest BCUT2D eigenvalue weighted by atomic mass is 19.1. The van der Waals surface area contributed by atoms with E-state index in [-0.39, 0.29) is 29.5 Å². The SMILES string of the molecule is Cc1cc(C)nc(C[C@@H]2CCN(c3c(F)cc4c(=O)c(C(=O)O)cn5c4c3OC[C@@H]5C)C2)n1. The first-order valence-electron chi connectivity index (χ1n) is 11.1. The van der Waals surface area contributed by atoms with Gasteiger partial charge in [-0.3, -0.25) is 4.79 Å². The van der Waals surface area contributed by atoms with E-state index in [1.807, 2.05) is 31.7 Å². The van der Waals surface area contributed by atoms with Gasteiger partial charge in [0, 0.05) is 37.1 Å². The number of aromatic carboxylic acids is 1. The monoisotopic (exact) mass is 452 g/mol. The molecule has 1 aromatic carbocycles. The first kappa shape index (κ1) is 21.4. The zero-order valence-corrected chi connectivity index (χ0v) is 18.8. The van der Waals surface area contributed by atoms with E-state index in [4.69, 9.17) is 4.74 Å². The second kappa shape index (κ2) is 7.83. The number of halogens is 1. The highest BCUT2D eigenvalue weighted by molar-refractivity contribution is 5.97. The van der Waals surface area contributed by atoms with E-state index in [2.05, 4.69) is 9.97 Å². The zero-order chi connectivity index (χ0) is 23.4. The van der Waals surface area contributed by atoms with E-state index in [1.54, 1.807) is 4.57 Å². The Morgan fingerprint density at radius 2 is 2.00 bits per heavy atom. The average Bonchev–Trinajstić information content (AvgIpc) is 3.18. The van der Waals surface area contributed by atoms with Crippen molar-refractivity contribution in [1.29, 1.82) is 0 Å². The highest BCUT2D eigenvalue weighted by Gasteiger charge is 2.33. The lowest BCUT2D eigenvalue weighted by molar-refractivity contribution is 0.0694. The topological polar surface area (TPSA) is 97.6 Å². The van der Waals surface area contributed by atoms with Gasteiger partial charge in [0.1, 0.15) is 23.7 Å². The molecule has 3 aromatic rings. The summed E-state index contributed by atoms with van der Waals surface area (Å²) in [6.45, 7) is 7.28. The molecule has 1 fully saturated rings. The molecular weight excluding hydrogens is 427 g/mol. The van der Waals surface area contributed by atoms with Gasteiger partial charge in [-0.05, 0) is 45.2 Å². The summed E-state index contributed by atoms with van der Waals surface area (Å²) < 4.78 is 23.1. The van der Waals surface area contributed by atoms with E-state index < -0.39 is 17.2 Å². The van der Waals surface area contributed by atoms with Crippen LogP contribution in [0.25, 0.3) is 10.9 Å². The molecular formula is C24H25FN4O4. The fraction of sp³-hybridized carbons (Fsp3) is 0.417. The Labute approximate surface area is 189 Å². The number of rotatable bonds is 4. The van der Waals surface area contributed by atoms with E-state index in [9.17, 15) is 14.7 Å². The normalized spacial score (nSPS) is 19.7. The lowest BCUT2D eigenvalue weighted by Gasteiger charge is -2.31. The molecule has 0 aliphatic carbocycles. The summed E-state index contributed by atoms with van der Waals surface area (Å²) in [5.41, 5.74) is 1.56. The van der Waals surface area contributed by atoms with Gasteiger partial charge in [-0.25, -0.2) is 19.2 Å². The van der Waals surface area contributed by atoms with Crippen molar-refractivity contribution in [2.45, 2.75) is 39.7 Å². The molecule has 1 saturated heterocycles. The third kappa shape index (κ3) is 3.61. The molecule has 1 N–H and O–H groups in total. The van der Waals surface area contributed by atoms with Crippen molar-refractivity contribution in [2.75, 3.05) is 24.6 Å². The number of anilines is 1. The summed E-state index contributed by atoms with van der Waals surface area (Å²) in [4.78, 5) is 35.4. The van der Waals surface area contributed by atoms with Crippen LogP contribution < -0.4 is 15.1 Å². The minimum absolute atomic E-state index is 0.0251. The maximum absolute atomic E-state index is 15.4. The van der Waals surface area contributed by atoms with Crippen LogP contribution in [0.3, 0.4) is 0 Å². The Morgan fingerprint density at radius 1 is 1.27 bits per heavy atom. The van der Waals surface area contributed by atoms with E-state index >= 15 is 4.39 Å². The highest BCUT2D eigenvalue weighted by Crippen LogP contribution is 2.43. The van der Waals surface area contributed by atoms with E-state index in [0.717, 1.165) is 29.7 Å². The number of pyridine rings is 1. The first-order valence-corrected chi connectivity index (χ1v) is 11.1. The van der Waals surface area contributed by atoms with Gasteiger partial charge in [-0.15, -0.1) is 0 Å². The van der Waals surface area contributed by atoms with Gasteiger partial charge in [-0.2, -0.15) is 0 Å². The van der Waals surface area contributed by atoms with Crippen LogP contribution in [0.2, 0.25) is 0 Å². The molecule has 2 aliphatic rings. The summed E-state index contributed by atoms with van der Waals surface area (Å²) in [6.07, 6.45) is 2.90. The number of hydrogen-bond donors (Lipinski definition) is 1. The molecule has 172 valence electrons. The second-order valence-electron chi connectivity index (χ2n) is 9.05. The van der Waals surface area contributed by atoms with Crippen LogP contribution in [0.5, 0.6) is 5.75 Å². The Kier molecular flexibility index (Phi) is 5.07. The third-order valence-corrected chi connectivity index (χ3v) is 6.47. The number of carboxylic acid groups (broad SMARTS) is 1. The maximum Gasteiger partial charge on any atom is 0.341 e. The predicted octanol–water partition coefficient (Wildman–Crippen LogP) is 3.27. The molecule has 4 heterocycles. The number of benzene rings is 1. The molecule has 0 bridgehead atoms. The quantitative estimate of drug-likeness (QED) is 0.649. The van der Waals surface area contributed by atoms with Gasteiger partial charge < -0.3 is 19.3 Å². The van der Waals surface area contributed by atoms with E-state index in [0.29, 0.717) is 36.5 Å². The molecule has 0 spiro atoms. The van der Waals surface area contributed by atoms with Crippen molar-refractivity contribution in [2.24, 2.45) is 5.92 Å². The fourth-order valence-corrected chi connectivity index (χ4v) is 5.01. The summed E-state index contributed by atoms with van der Waals surface area (Å²) in [7, 11) is 0. The van der Waals surface area contributed by atoms with Gasteiger partial charge in [0.2, 0.25) is 5.43 Å². The smallest absolute Gasteiger partial charge is 0.341 e. The van der Waals surface area contributed by atoms with Gasteiger partial charge in [0.05, 0.1) is 16.9 Å². The lowest BCUT2D eigenvalue weighted by atomic mass is 10.0. The number of aryl methyl sites for hydroxylation is 2. The Morgan fingerprint density at radius 3 is 2.70 bits per heavy atom. The van der Waals surface area contributed by atoms with Crippen LogP contribution in [0.4, 0.5) is 10.1 Å². The van der Waals surface area contributed by atoms with Crippen molar-refractivity contribution < 1.29 is 19.0 Å². The van der Waals surface area contributed by atoms with Crippen LogP contribution >= 0.6 is 0 Å². The molecule has 8 nitrogen and oxygen atoms in total. The predicted molar refractivity (Wildman–Crippen MR) is 121 cm³/mol. The Bertz CT molecular complexity index is 1330. The molecule has 9 heteroatoms. The lowest BCUT2D eigenvalue weighted by Crippen LogP contribution is -2.29. The minimum Gasteiger partial charge on any atom is -0.487 e. The zero-order valence-electron chi connectivity index (χ0n) is 18.8. The standard InChI is InChI=1S/C24H25FN4O4/c1-12-6-13(2)27-19(26-12)7-15-4-5-28(9-15)21-18(25)8-16-20-23(21)33-11-14(3)29(20)10-17(22(16)30)24(31)32/h6,8,10,14-15H,4-5,7,9,11H2,1-3H3,(H,31,32)/t14-,15-/m0/s1. The van der Waals surface area contributed by atoms with Gasteiger partial charge in [-0.1, -0.05) is 0 Å². The fourth-order valence-electron chi connectivity index (χ4n) is 5.01. The van der Waals surface area contributed by atoms with Crippen LogP contribution in [0.1, 0.15) is 47.0 Å². The van der Waals surface area contributed by atoms with E-state index in [1.165, 1.54) is 6.20 Å². The van der Waals surface area contributed by atoms with Crippen LogP contribution in [-0.2, 0) is 6.42 Å². The number of ether oxygens (including phenoxy) is 1. The van der Waals surface area contributed by atoms with Crippen molar-refractivity contribution in [3.05, 3.63) is 57.1 Å². The summed E-state index contributed by atoms with van der Waals surface area (Å²) >= 11 is 0. The van der Waals surface area contributed by atoms with Crippen LogP contribution in [0.15, 0.2) is 23.1 Å². The number of nitrogens with zero attached hydrogens (tertiary/aromatic N) is 4. The maximum atomic E-state index is 15.4. The minimum atomic E-state index is -1.33. The molecule has 0 saturated carbocycles. The van der Waals surface area contributed by atoms with Crippen LogP contribution in [-0.4, -0.2) is 45.3 Å². The number of carbonyl (C=O) groups is 1. The molecule has 0 radical (unpaired) electrons. The van der Waals surface area contributed by atoms with Crippen molar-refractivity contribution in [3.8, 4) is 5.75 Å². The number of carboxylic acids is 1. The average molecular weight is 452 g/mol. The van der Waals surface area contributed by atoms with Crippen LogP contribution in [0, 0.1) is 25.6 Å². The molecule has 33 heavy (non-hydrogen) atoms. The molecule has 2 aromatic heterocycles.